The molecule has 2 aromatic rings. The molecule has 1 aromatic carbocycles. The Hall–Kier alpha value is -2.71. The zero-order valence-corrected chi connectivity index (χ0v) is 15.6. The van der Waals surface area contributed by atoms with Crippen LogP contribution in [0.4, 0.5) is 10.1 Å². The topological polar surface area (TPSA) is 75.3 Å². The largest absolute Gasteiger partial charge is 0.459 e. The first-order valence-electron chi connectivity index (χ1n) is 8.95. The molecule has 2 aliphatic heterocycles. The molecule has 2 saturated heterocycles. The van der Waals surface area contributed by atoms with Crippen LogP contribution in [0.5, 0.6) is 0 Å². The first-order valence-corrected chi connectivity index (χ1v) is 9.32. The van der Waals surface area contributed by atoms with Crippen LogP contribution in [0.2, 0.25) is 5.02 Å². The van der Waals surface area contributed by atoms with E-state index >= 15 is 0 Å². The molecule has 0 saturated carbocycles. The number of carbonyl (C=O) groups excluding carboxylic acids is 3. The van der Waals surface area contributed by atoms with Crippen LogP contribution in [-0.2, 0) is 9.59 Å². The number of carbonyl (C=O) groups is 3. The van der Waals surface area contributed by atoms with Gasteiger partial charge in [0.05, 0.1) is 49.6 Å². The first-order chi connectivity index (χ1) is 13.5. The molecule has 0 aliphatic carbocycles. The highest BCUT2D eigenvalue weighted by atomic mass is 35.5. The van der Waals surface area contributed by atoms with Crippen molar-refractivity contribution in [1.82, 2.24) is 4.90 Å². The van der Waals surface area contributed by atoms with E-state index in [-0.39, 0.29) is 40.6 Å². The third kappa shape index (κ3) is 3.29. The maximum absolute atomic E-state index is 13.4. The van der Waals surface area contributed by atoms with Gasteiger partial charge in [-0.1, -0.05) is 11.6 Å². The molecule has 0 spiro atoms. The first kappa shape index (κ1) is 18.6. The Morgan fingerprint density at radius 2 is 1.96 bits per heavy atom. The van der Waals surface area contributed by atoms with Gasteiger partial charge in [0.25, 0.3) is 11.8 Å². The SMILES string of the molecule is O=C(c1ccco1)N1CC[NH+]([C@H]2CC(=O)N(c3ccc(F)c(Cl)c3)C2=O)CC1. The maximum atomic E-state index is 13.4. The molecule has 0 bridgehead atoms. The van der Waals surface area contributed by atoms with Crippen LogP contribution < -0.4 is 9.80 Å². The number of nitrogens with one attached hydrogen (secondary N) is 1. The summed E-state index contributed by atoms with van der Waals surface area (Å²) in [5.41, 5.74) is 0.273. The average molecular weight is 407 g/mol. The molecule has 0 unspecified atom stereocenters. The smallest absolute Gasteiger partial charge is 0.292 e. The van der Waals surface area contributed by atoms with E-state index in [0.29, 0.717) is 26.2 Å². The van der Waals surface area contributed by atoms with Gasteiger partial charge in [0.1, 0.15) is 5.82 Å². The summed E-state index contributed by atoms with van der Waals surface area (Å²) in [6, 6.07) is 6.55. The summed E-state index contributed by atoms with van der Waals surface area (Å²) in [5.74, 6) is -1.16. The molecular formula is C19H18ClFN3O4+. The van der Waals surface area contributed by atoms with Gasteiger partial charge in [-0.05, 0) is 30.3 Å². The molecule has 28 heavy (non-hydrogen) atoms. The molecule has 0 radical (unpaired) electrons. The third-order valence-corrected chi connectivity index (χ3v) is 5.52. The average Bonchev–Trinajstić information content (AvgIpc) is 3.32. The van der Waals surface area contributed by atoms with Gasteiger partial charge in [-0.15, -0.1) is 0 Å². The number of piperazine rings is 1. The van der Waals surface area contributed by atoms with Gasteiger partial charge in [-0.25, -0.2) is 9.29 Å². The van der Waals surface area contributed by atoms with Crippen molar-refractivity contribution < 1.29 is 28.1 Å². The summed E-state index contributed by atoms with van der Waals surface area (Å²) >= 11 is 5.79. The lowest BCUT2D eigenvalue weighted by atomic mass is 10.1. The number of quaternary nitrogens is 1. The second-order valence-electron chi connectivity index (χ2n) is 6.85. The van der Waals surface area contributed by atoms with Crippen molar-refractivity contribution in [3.8, 4) is 0 Å². The van der Waals surface area contributed by atoms with Crippen LogP contribution in [-0.4, -0.2) is 54.8 Å². The van der Waals surface area contributed by atoms with Crippen LogP contribution in [0.15, 0.2) is 41.0 Å². The van der Waals surface area contributed by atoms with E-state index in [1.54, 1.807) is 17.0 Å². The molecule has 4 rings (SSSR count). The molecule has 2 fully saturated rings. The van der Waals surface area contributed by atoms with Gasteiger partial charge in [-0.3, -0.25) is 14.4 Å². The van der Waals surface area contributed by atoms with Crippen molar-refractivity contribution >= 4 is 35.0 Å². The summed E-state index contributed by atoms with van der Waals surface area (Å²) in [4.78, 5) is 41.4. The number of rotatable bonds is 3. The summed E-state index contributed by atoms with van der Waals surface area (Å²) in [5, 5.41) is -0.140. The maximum Gasteiger partial charge on any atom is 0.292 e. The molecule has 2 aliphatic rings. The molecule has 3 amide bonds. The van der Waals surface area contributed by atoms with E-state index in [2.05, 4.69) is 0 Å². The molecule has 7 nitrogen and oxygen atoms in total. The fourth-order valence-corrected chi connectivity index (χ4v) is 3.92. The number of nitrogens with zero attached hydrogens (tertiary/aromatic N) is 2. The van der Waals surface area contributed by atoms with Crippen molar-refractivity contribution in [3.63, 3.8) is 0 Å². The zero-order valence-electron chi connectivity index (χ0n) is 14.9. The summed E-state index contributed by atoms with van der Waals surface area (Å²) < 4.78 is 18.5. The minimum Gasteiger partial charge on any atom is -0.459 e. The Labute approximate surface area is 165 Å². The molecule has 1 aromatic heterocycles. The molecule has 1 atom stereocenters. The summed E-state index contributed by atoms with van der Waals surface area (Å²) in [6.07, 6.45) is 1.53. The predicted octanol–water partition coefficient (Wildman–Crippen LogP) is 0.745. The zero-order chi connectivity index (χ0) is 19.8. The highest BCUT2D eigenvalue weighted by molar-refractivity contribution is 6.31. The Balaban J connectivity index is 1.43. The quantitative estimate of drug-likeness (QED) is 0.763. The van der Waals surface area contributed by atoms with Crippen molar-refractivity contribution in [1.29, 1.82) is 0 Å². The Bertz CT molecular complexity index is 925. The van der Waals surface area contributed by atoms with E-state index in [1.807, 2.05) is 0 Å². The van der Waals surface area contributed by atoms with E-state index < -0.39 is 11.9 Å². The lowest BCUT2D eigenvalue weighted by Crippen LogP contribution is -3.19. The molecule has 3 heterocycles. The fourth-order valence-electron chi connectivity index (χ4n) is 3.75. The van der Waals surface area contributed by atoms with Crippen LogP contribution in [0.1, 0.15) is 17.0 Å². The van der Waals surface area contributed by atoms with Crippen LogP contribution in [0, 0.1) is 5.82 Å². The van der Waals surface area contributed by atoms with Gasteiger partial charge >= 0.3 is 0 Å². The van der Waals surface area contributed by atoms with Crippen molar-refractivity contribution in [2.75, 3.05) is 31.1 Å². The Morgan fingerprint density at radius 3 is 2.61 bits per heavy atom. The van der Waals surface area contributed by atoms with E-state index in [4.69, 9.17) is 16.0 Å². The lowest BCUT2D eigenvalue weighted by molar-refractivity contribution is -0.918. The molecule has 146 valence electrons. The summed E-state index contributed by atoms with van der Waals surface area (Å²) in [6.45, 7) is 2.03. The number of amides is 3. The molecular weight excluding hydrogens is 389 g/mol. The lowest BCUT2D eigenvalue weighted by Gasteiger charge is -2.34. The van der Waals surface area contributed by atoms with E-state index in [1.165, 1.54) is 18.4 Å². The van der Waals surface area contributed by atoms with E-state index in [9.17, 15) is 18.8 Å². The number of furan rings is 1. The normalized spacial score (nSPS) is 20.9. The number of benzene rings is 1. The standard InChI is InChI=1S/C19H17ClFN3O4/c20-13-10-12(3-4-14(13)21)24-17(25)11-15(18(24)26)22-5-7-23(8-6-22)19(27)16-2-1-9-28-16/h1-4,9-10,15H,5-8,11H2/p+1/t15-/m0/s1. The highest BCUT2D eigenvalue weighted by Crippen LogP contribution is 2.26. The minimum atomic E-state index is -0.607. The Morgan fingerprint density at radius 1 is 1.21 bits per heavy atom. The number of hydrogen-bond donors (Lipinski definition) is 1. The van der Waals surface area contributed by atoms with Crippen LogP contribution in [0.25, 0.3) is 0 Å². The van der Waals surface area contributed by atoms with E-state index in [0.717, 1.165) is 15.9 Å². The molecule has 1 N–H and O–H groups in total. The van der Waals surface area contributed by atoms with Gasteiger partial charge < -0.3 is 14.2 Å². The monoisotopic (exact) mass is 406 g/mol. The number of hydrogen-bond acceptors (Lipinski definition) is 4. The Kier molecular flexibility index (Phi) is 4.91. The highest BCUT2D eigenvalue weighted by Gasteiger charge is 2.46. The number of imide groups is 1. The predicted molar refractivity (Wildman–Crippen MR) is 97.6 cm³/mol. The van der Waals surface area contributed by atoms with Gasteiger partial charge in [0, 0.05) is 0 Å². The fraction of sp³-hybridized carbons (Fsp3) is 0.316. The second-order valence-corrected chi connectivity index (χ2v) is 7.26. The van der Waals surface area contributed by atoms with Crippen LogP contribution >= 0.6 is 11.6 Å². The van der Waals surface area contributed by atoms with Crippen molar-refractivity contribution in [3.05, 3.63) is 53.2 Å². The van der Waals surface area contributed by atoms with Gasteiger partial charge in [0.15, 0.2) is 11.8 Å². The second kappa shape index (κ2) is 7.37. The van der Waals surface area contributed by atoms with Crippen molar-refractivity contribution in [2.45, 2.75) is 12.5 Å². The van der Waals surface area contributed by atoms with Gasteiger partial charge in [-0.2, -0.15) is 0 Å². The summed E-state index contributed by atoms with van der Waals surface area (Å²) in [7, 11) is 0. The van der Waals surface area contributed by atoms with Gasteiger partial charge in [0.2, 0.25) is 5.91 Å². The molecule has 9 heteroatoms. The third-order valence-electron chi connectivity index (χ3n) is 5.23. The minimum absolute atomic E-state index is 0.0787. The number of anilines is 1. The number of halogens is 2. The van der Waals surface area contributed by atoms with Crippen LogP contribution in [0.3, 0.4) is 0 Å². The van der Waals surface area contributed by atoms with Crippen molar-refractivity contribution in [2.24, 2.45) is 0 Å².